The summed E-state index contributed by atoms with van der Waals surface area (Å²) in [6.07, 6.45) is 0.983. The molecule has 1 fully saturated rings. The van der Waals surface area contributed by atoms with E-state index in [-0.39, 0.29) is 0 Å². The van der Waals surface area contributed by atoms with E-state index in [9.17, 15) is 4.79 Å². The Labute approximate surface area is 130 Å². The Kier molecular flexibility index (Phi) is 3.72. The van der Waals surface area contributed by atoms with Gasteiger partial charge in [0.15, 0.2) is 11.7 Å². The van der Waals surface area contributed by atoms with Crippen LogP contribution in [0.25, 0.3) is 11.6 Å². The van der Waals surface area contributed by atoms with Gasteiger partial charge in [0.2, 0.25) is 0 Å². The van der Waals surface area contributed by atoms with Crippen molar-refractivity contribution in [3.63, 3.8) is 0 Å². The third kappa shape index (κ3) is 2.89. The highest BCUT2D eigenvalue weighted by Crippen LogP contribution is 2.37. The summed E-state index contributed by atoms with van der Waals surface area (Å²) in [5.74, 6) is 0. The molecule has 1 aliphatic rings. The van der Waals surface area contributed by atoms with E-state index in [1.165, 1.54) is 0 Å². The predicted octanol–water partition coefficient (Wildman–Crippen LogP) is 4.54. The predicted molar refractivity (Wildman–Crippen MR) is 86.2 cm³/mol. The average molecular weight is 294 g/mol. The first-order valence-corrected chi connectivity index (χ1v) is 7.28. The zero-order chi connectivity index (χ0) is 15.6. The van der Waals surface area contributed by atoms with Crippen LogP contribution in [0.3, 0.4) is 0 Å². The topological polar surface area (TPSA) is 35.5 Å². The molecule has 3 nitrogen and oxygen atoms in total. The van der Waals surface area contributed by atoms with Gasteiger partial charge in [-0.15, -0.1) is 0 Å². The minimum atomic E-state index is -0.701. The molecule has 1 saturated heterocycles. The molecule has 0 amide bonds. The first-order chi connectivity index (χ1) is 10.6. The van der Waals surface area contributed by atoms with Crippen molar-refractivity contribution in [1.82, 2.24) is 0 Å². The Morgan fingerprint density at radius 2 is 1.59 bits per heavy atom. The largest absolute Gasteiger partial charge is 0.509 e. The van der Waals surface area contributed by atoms with Crippen LogP contribution in [-0.4, -0.2) is 17.9 Å². The molecule has 1 heterocycles. The number of cyclic esters (lactones) is 2. The third-order valence-corrected chi connectivity index (χ3v) is 3.70. The van der Waals surface area contributed by atoms with Gasteiger partial charge in [-0.3, -0.25) is 0 Å². The lowest BCUT2D eigenvalue weighted by molar-refractivity contribution is 0.0780. The second-order valence-corrected chi connectivity index (χ2v) is 5.83. The van der Waals surface area contributed by atoms with Gasteiger partial charge in [-0.25, -0.2) is 4.79 Å². The van der Waals surface area contributed by atoms with Gasteiger partial charge in [-0.2, -0.15) is 0 Å². The lowest BCUT2D eigenvalue weighted by Gasteiger charge is -2.24. The molecule has 0 N–H and O–H groups in total. The van der Waals surface area contributed by atoms with Crippen LogP contribution in [0.5, 0.6) is 0 Å². The molecule has 1 atom stereocenters. The fourth-order valence-electron chi connectivity index (χ4n) is 2.64. The quantitative estimate of drug-likeness (QED) is 0.616. The minimum Gasteiger partial charge on any atom is -0.424 e. The van der Waals surface area contributed by atoms with Gasteiger partial charge in [0.25, 0.3) is 0 Å². The highest BCUT2D eigenvalue weighted by atomic mass is 16.8. The molecule has 0 spiro atoms. The van der Waals surface area contributed by atoms with Crippen molar-refractivity contribution in [3.05, 3.63) is 71.8 Å². The van der Waals surface area contributed by atoms with Crippen LogP contribution in [0, 0.1) is 0 Å². The van der Waals surface area contributed by atoms with E-state index < -0.39 is 17.9 Å². The zero-order valence-electron chi connectivity index (χ0n) is 12.7. The van der Waals surface area contributed by atoms with E-state index in [0.717, 1.165) is 16.7 Å². The number of rotatable bonds is 3. The van der Waals surface area contributed by atoms with Gasteiger partial charge in [0.05, 0.1) is 0 Å². The molecule has 1 aliphatic heterocycles. The molecule has 2 aromatic rings. The van der Waals surface area contributed by atoms with Crippen LogP contribution in [-0.2, 0) is 9.47 Å². The molecule has 0 bridgehead atoms. The number of carbonyl (C=O) groups is 1. The van der Waals surface area contributed by atoms with Gasteiger partial charge in [0.1, 0.15) is 0 Å². The Morgan fingerprint density at radius 3 is 2.14 bits per heavy atom. The van der Waals surface area contributed by atoms with Crippen LogP contribution in [0.1, 0.15) is 25.0 Å². The minimum absolute atomic E-state index is 0.442. The van der Waals surface area contributed by atoms with Gasteiger partial charge >= 0.3 is 6.16 Å². The number of hydrogen-bond donors (Lipinski definition) is 0. The van der Waals surface area contributed by atoms with Crippen molar-refractivity contribution in [3.8, 4) is 0 Å². The van der Waals surface area contributed by atoms with Crippen molar-refractivity contribution in [2.24, 2.45) is 0 Å². The van der Waals surface area contributed by atoms with Crippen molar-refractivity contribution >= 4 is 17.8 Å². The lowest BCUT2D eigenvalue weighted by atomic mass is 9.89. The second kappa shape index (κ2) is 5.68. The highest BCUT2D eigenvalue weighted by molar-refractivity contribution is 5.86. The number of carbonyl (C=O) groups excluding carboxylic acids is 1. The molecule has 22 heavy (non-hydrogen) atoms. The van der Waals surface area contributed by atoms with E-state index in [2.05, 4.69) is 0 Å². The van der Waals surface area contributed by atoms with Crippen molar-refractivity contribution < 1.29 is 14.3 Å². The fraction of sp³-hybridized carbons (Fsp3) is 0.211. The third-order valence-electron chi connectivity index (χ3n) is 3.70. The van der Waals surface area contributed by atoms with Gasteiger partial charge in [-0.05, 0) is 31.1 Å². The molecule has 112 valence electrons. The maximum absolute atomic E-state index is 11.6. The molecule has 1 unspecified atom stereocenters. The molecule has 3 rings (SSSR count). The monoisotopic (exact) mass is 294 g/mol. The Balaban J connectivity index is 2.08. The average Bonchev–Trinajstić information content (AvgIpc) is 2.79. The summed E-state index contributed by atoms with van der Waals surface area (Å²) in [5, 5.41) is 0. The molecule has 3 heteroatoms. The molecule has 0 aliphatic carbocycles. The first kappa shape index (κ1) is 14.4. The Bertz CT molecular complexity index is 687. The lowest BCUT2D eigenvalue weighted by Crippen LogP contribution is -2.33. The van der Waals surface area contributed by atoms with E-state index >= 15 is 0 Å². The Hall–Kier alpha value is -2.55. The smallest absolute Gasteiger partial charge is 0.424 e. The maximum atomic E-state index is 11.6. The van der Waals surface area contributed by atoms with Gasteiger partial charge in [0, 0.05) is 5.57 Å². The molecule has 0 saturated carbocycles. The summed E-state index contributed by atoms with van der Waals surface area (Å²) in [4.78, 5) is 11.6. The van der Waals surface area contributed by atoms with E-state index in [4.69, 9.17) is 9.47 Å². The molecule has 0 radical (unpaired) electrons. The molecular weight excluding hydrogens is 276 g/mol. The first-order valence-electron chi connectivity index (χ1n) is 7.28. The molecule has 0 aromatic heterocycles. The normalized spacial score (nSPS) is 20.4. The molecule has 2 aromatic carbocycles. The van der Waals surface area contributed by atoms with Crippen LogP contribution in [0.15, 0.2) is 60.7 Å². The van der Waals surface area contributed by atoms with Crippen LogP contribution in [0.4, 0.5) is 4.79 Å². The van der Waals surface area contributed by atoms with Gasteiger partial charge < -0.3 is 9.47 Å². The standard InChI is InChI=1S/C19H18O3/c1-19(2)17(21-18(20)22-19)16(15-11-7-4-8-12-15)13-14-9-5-3-6-10-14/h3-13,17H,1-2H3/b16-13+. The fourth-order valence-corrected chi connectivity index (χ4v) is 2.64. The van der Waals surface area contributed by atoms with Crippen LogP contribution < -0.4 is 0 Å². The molecular formula is C19H18O3. The van der Waals surface area contributed by atoms with E-state index in [1.54, 1.807) is 0 Å². The van der Waals surface area contributed by atoms with E-state index in [1.807, 2.05) is 80.6 Å². The van der Waals surface area contributed by atoms with Crippen molar-refractivity contribution in [2.75, 3.05) is 0 Å². The van der Waals surface area contributed by atoms with Crippen LogP contribution >= 0.6 is 0 Å². The summed E-state index contributed by atoms with van der Waals surface area (Å²) >= 11 is 0. The van der Waals surface area contributed by atoms with Gasteiger partial charge in [-0.1, -0.05) is 60.7 Å². The summed E-state index contributed by atoms with van der Waals surface area (Å²) in [6, 6.07) is 19.9. The summed E-state index contributed by atoms with van der Waals surface area (Å²) in [5.41, 5.74) is 2.30. The van der Waals surface area contributed by atoms with E-state index in [0.29, 0.717) is 0 Å². The Morgan fingerprint density at radius 1 is 1.00 bits per heavy atom. The number of ether oxygens (including phenoxy) is 2. The van der Waals surface area contributed by atoms with Crippen molar-refractivity contribution in [1.29, 1.82) is 0 Å². The highest BCUT2D eigenvalue weighted by Gasteiger charge is 2.46. The SMILES string of the molecule is CC1(C)OC(=O)OC1/C(=C/c1ccccc1)c1ccccc1. The summed E-state index contributed by atoms with van der Waals surface area (Å²) in [6.45, 7) is 3.73. The zero-order valence-corrected chi connectivity index (χ0v) is 12.7. The van der Waals surface area contributed by atoms with Crippen LogP contribution in [0.2, 0.25) is 0 Å². The van der Waals surface area contributed by atoms with Crippen molar-refractivity contribution in [2.45, 2.75) is 25.6 Å². The number of benzene rings is 2. The summed E-state index contributed by atoms with van der Waals surface area (Å²) < 4.78 is 10.7. The number of hydrogen-bond acceptors (Lipinski definition) is 3. The summed E-state index contributed by atoms with van der Waals surface area (Å²) in [7, 11) is 0. The second-order valence-electron chi connectivity index (χ2n) is 5.83. The maximum Gasteiger partial charge on any atom is 0.509 e.